The summed E-state index contributed by atoms with van der Waals surface area (Å²) in [5, 5.41) is 8.91. The number of nitrogens with zero attached hydrogens (tertiary/aromatic N) is 2. The number of hydrazine groups is 1. The molecule has 0 spiro atoms. The van der Waals surface area contributed by atoms with E-state index < -0.39 is 0 Å². The highest BCUT2D eigenvalue weighted by atomic mass is 16.5. The van der Waals surface area contributed by atoms with Gasteiger partial charge in [-0.15, -0.1) is 0 Å². The van der Waals surface area contributed by atoms with Crippen LogP contribution in [0, 0.1) is 11.3 Å². The van der Waals surface area contributed by atoms with Gasteiger partial charge in [0.15, 0.2) is 6.10 Å². The molecular formula is C14H18N4O2. The number of morpholine rings is 1. The van der Waals surface area contributed by atoms with Crippen LogP contribution in [0.1, 0.15) is 11.1 Å². The summed E-state index contributed by atoms with van der Waals surface area (Å²) in [4.78, 5) is 13.6. The summed E-state index contributed by atoms with van der Waals surface area (Å²) in [6.45, 7) is 2.64. The number of ether oxygens (including phenoxy) is 1. The number of carbonyl (C=O) groups is 1. The maximum absolute atomic E-state index is 11.4. The molecule has 0 radical (unpaired) electrons. The Morgan fingerprint density at radius 3 is 2.95 bits per heavy atom. The molecule has 3 N–H and O–H groups in total. The van der Waals surface area contributed by atoms with Crippen molar-refractivity contribution >= 4 is 5.91 Å². The van der Waals surface area contributed by atoms with Gasteiger partial charge in [-0.25, -0.2) is 5.84 Å². The smallest absolute Gasteiger partial charge is 0.238 e. The first-order chi connectivity index (χ1) is 9.72. The Balaban J connectivity index is 2.05. The molecular weight excluding hydrogens is 256 g/mol. The van der Waals surface area contributed by atoms with Gasteiger partial charge in [-0.1, -0.05) is 24.3 Å². The van der Waals surface area contributed by atoms with Gasteiger partial charge < -0.3 is 4.74 Å². The number of hydrogen-bond donors (Lipinski definition) is 2. The van der Waals surface area contributed by atoms with Crippen molar-refractivity contribution in [3.63, 3.8) is 0 Å². The SMILES string of the molecule is N#CC1CN(Cc2ccccc2CC(=O)NN)CCO1. The van der Waals surface area contributed by atoms with Gasteiger partial charge in [0.1, 0.15) is 0 Å². The topological polar surface area (TPSA) is 91.4 Å². The fourth-order valence-corrected chi connectivity index (χ4v) is 2.27. The molecule has 1 saturated heterocycles. The number of hydrogen-bond acceptors (Lipinski definition) is 5. The largest absolute Gasteiger partial charge is 0.361 e. The summed E-state index contributed by atoms with van der Waals surface area (Å²) in [7, 11) is 0. The molecule has 20 heavy (non-hydrogen) atoms. The summed E-state index contributed by atoms with van der Waals surface area (Å²) >= 11 is 0. The quantitative estimate of drug-likeness (QED) is 0.456. The molecule has 0 aliphatic carbocycles. The molecule has 106 valence electrons. The van der Waals surface area contributed by atoms with Crippen LogP contribution < -0.4 is 11.3 Å². The van der Waals surface area contributed by atoms with E-state index in [1.165, 1.54) is 0 Å². The summed E-state index contributed by atoms with van der Waals surface area (Å²) in [6.07, 6.45) is -0.109. The highest BCUT2D eigenvalue weighted by Gasteiger charge is 2.20. The minimum atomic E-state index is -0.372. The molecule has 0 aromatic heterocycles. The first kappa shape index (κ1) is 14.5. The van der Waals surface area contributed by atoms with Crippen molar-refractivity contribution in [1.29, 1.82) is 5.26 Å². The van der Waals surface area contributed by atoms with Crippen LogP contribution in [0.5, 0.6) is 0 Å². The van der Waals surface area contributed by atoms with Gasteiger partial charge in [0, 0.05) is 19.6 Å². The third kappa shape index (κ3) is 3.78. The van der Waals surface area contributed by atoms with Gasteiger partial charge in [0.05, 0.1) is 19.1 Å². The summed E-state index contributed by atoms with van der Waals surface area (Å²) < 4.78 is 5.32. The predicted octanol–water partition coefficient (Wildman–Crippen LogP) is -0.0566. The first-order valence-corrected chi connectivity index (χ1v) is 6.52. The maximum Gasteiger partial charge on any atom is 0.238 e. The maximum atomic E-state index is 11.4. The van der Waals surface area contributed by atoms with Gasteiger partial charge in [0.25, 0.3) is 0 Å². The lowest BCUT2D eigenvalue weighted by Crippen LogP contribution is -2.41. The van der Waals surface area contributed by atoms with Crippen LogP contribution in [-0.2, 0) is 22.5 Å². The van der Waals surface area contributed by atoms with Crippen LogP contribution in [0.4, 0.5) is 0 Å². The minimum absolute atomic E-state index is 0.214. The van der Waals surface area contributed by atoms with Crippen LogP contribution in [0.3, 0.4) is 0 Å². The zero-order valence-electron chi connectivity index (χ0n) is 11.2. The number of benzene rings is 1. The zero-order valence-corrected chi connectivity index (χ0v) is 11.2. The number of nitrogens with two attached hydrogens (primary N) is 1. The molecule has 1 heterocycles. The van der Waals surface area contributed by atoms with Gasteiger partial charge >= 0.3 is 0 Å². The van der Waals surface area contributed by atoms with E-state index in [4.69, 9.17) is 15.8 Å². The highest BCUT2D eigenvalue weighted by Crippen LogP contribution is 2.15. The zero-order chi connectivity index (χ0) is 14.4. The Kier molecular flexibility index (Phi) is 5.07. The standard InChI is InChI=1S/C14H18N4O2/c15-8-13-10-18(5-6-20-13)9-12-4-2-1-3-11(12)7-14(19)17-16/h1-4,13H,5-7,9-10,16H2,(H,17,19). The van der Waals surface area contributed by atoms with Crippen molar-refractivity contribution in [3.05, 3.63) is 35.4 Å². The molecule has 1 fully saturated rings. The Bertz CT molecular complexity index is 512. The fourth-order valence-electron chi connectivity index (χ4n) is 2.27. The van der Waals surface area contributed by atoms with Crippen LogP contribution in [0.15, 0.2) is 24.3 Å². The molecule has 6 heteroatoms. The number of rotatable bonds is 4. The molecule has 1 aromatic rings. The molecule has 1 unspecified atom stereocenters. The predicted molar refractivity (Wildman–Crippen MR) is 73.1 cm³/mol. The van der Waals surface area contributed by atoms with E-state index >= 15 is 0 Å². The van der Waals surface area contributed by atoms with Crippen LogP contribution >= 0.6 is 0 Å². The lowest BCUT2D eigenvalue weighted by Gasteiger charge is -2.30. The van der Waals surface area contributed by atoms with Crippen LogP contribution in [0.2, 0.25) is 0 Å². The van der Waals surface area contributed by atoms with Gasteiger partial charge in [0.2, 0.25) is 5.91 Å². The Hall–Kier alpha value is -1.94. The lowest BCUT2D eigenvalue weighted by atomic mass is 10.0. The minimum Gasteiger partial charge on any atom is -0.361 e. The van der Waals surface area contributed by atoms with E-state index in [2.05, 4.69) is 16.4 Å². The average Bonchev–Trinajstić information content (AvgIpc) is 2.49. The van der Waals surface area contributed by atoms with Crippen LogP contribution in [-0.4, -0.2) is 36.6 Å². The summed E-state index contributed by atoms with van der Waals surface area (Å²) in [6, 6.07) is 9.90. The van der Waals surface area contributed by atoms with Crippen molar-refractivity contribution in [2.75, 3.05) is 19.7 Å². The Labute approximate surface area is 118 Å². The van der Waals surface area contributed by atoms with Gasteiger partial charge in [-0.3, -0.25) is 15.1 Å². The first-order valence-electron chi connectivity index (χ1n) is 6.52. The fraction of sp³-hybridized carbons (Fsp3) is 0.429. The molecule has 1 aromatic carbocycles. The Morgan fingerprint density at radius 2 is 2.25 bits per heavy atom. The van der Waals surface area contributed by atoms with E-state index in [0.717, 1.165) is 17.7 Å². The summed E-state index contributed by atoms with van der Waals surface area (Å²) in [5.41, 5.74) is 4.18. The highest BCUT2D eigenvalue weighted by molar-refractivity contribution is 5.78. The van der Waals surface area contributed by atoms with Gasteiger partial charge in [-0.05, 0) is 11.1 Å². The molecule has 1 amide bonds. The van der Waals surface area contributed by atoms with Crippen molar-refractivity contribution in [3.8, 4) is 6.07 Å². The third-order valence-electron chi connectivity index (χ3n) is 3.32. The number of amides is 1. The number of nitrogens with one attached hydrogen (secondary N) is 1. The molecule has 1 aliphatic rings. The number of nitriles is 1. The molecule has 1 aliphatic heterocycles. The van der Waals surface area contributed by atoms with E-state index in [1.54, 1.807) is 0 Å². The monoisotopic (exact) mass is 274 g/mol. The normalized spacial score (nSPS) is 19.3. The second-order valence-corrected chi connectivity index (χ2v) is 4.74. The molecule has 0 saturated carbocycles. The molecule has 1 atom stereocenters. The van der Waals surface area contributed by atoms with E-state index in [0.29, 0.717) is 19.7 Å². The van der Waals surface area contributed by atoms with Crippen LogP contribution in [0.25, 0.3) is 0 Å². The molecule has 2 rings (SSSR count). The van der Waals surface area contributed by atoms with E-state index in [9.17, 15) is 4.79 Å². The van der Waals surface area contributed by atoms with E-state index in [1.807, 2.05) is 24.3 Å². The van der Waals surface area contributed by atoms with Crippen molar-refractivity contribution in [2.45, 2.75) is 19.1 Å². The van der Waals surface area contributed by atoms with E-state index in [-0.39, 0.29) is 18.4 Å². The lowest BCUT2D eigenvalue weighted by molar-refractivity contribution is -0.120. The molecule has 6 nitrogen and oxygen atoms in total. The third-order valence-corrected chi connectivity index (χ3v) is 3.32. The average molecular weight is 274 g/mol. The second-order valence-electron chi connectivity index (χ2n) is 4.74. The second kappa shape index (κ2) is 7.01. The van der Waals surface area contributed by atoms with Crippen molar-refractivity contribution in [1.82, 2.24) is 10.3 Å². The summed E-state index contributed by atoms with van der Waals surface area (Å²) in [5.74, 6) is 4.91. The Morgan fingerprint density at radius 1 is 1.50 bits per heavy atom. The molecule has 0 bridgehead atoms. The van der Waals surface area contributed by atoms with Gasteiger partial charge in [-0.2, -0.15) is 5.26 Å². The van der Waals surface area contributed by atoms with Crippen molar-refractivity contribution < 1.29 is 9.53 Å². The van der Waals surface area contributed by atoms with Crippen molar-refractivity contribution in [2.24, 2.45) is 5.84 Å². The number of carbonyl (C=O) groups excluding carboxylic acids is 1.